The van der Waals surface area contributed by atoms with Gasteiger partial charge in [0, 0.05) is 33.2 Å². The van der Waals surface area contributed by atoms with Gasteiger partial charge in [0.15, 0.2) is 17.5 Å². The van der Waals surface area contributed by atoms with Crippen molar-refractivity contribution >= 4 is 21.8 Å². The Kier molecular flexibility index (Phi) is 8.12. The van der Waals surface area contributed by atoms with E-state index in [2.05, 4.69) is 150 Å². The Morgan fingerprint density at radius 2 is 0.745 bits per heavy atom. The van der Waals surface area contributed by atoms with E-state index < -0.39 is 0 Å². The molecule has 0 unspecified atom stereocenters. The predicted molar refractivity (Wildman–Crippen MR) is 227 cm³/mol. The lowest BCUT2D eigenvalue weighted by Crippen LogP contribution is -2.00. The van der Waals surface area contributed by atoms with Gasteiger partial charge in [0.2, 0.25) is 0 Å². The number of rotatable bonds is 7. The molecule has 0 aliphatic heterocycles. The number of hydrogen-bond acceptors (Lipinski definition) is 3. The van der Waals surface area contributed by atoms with Gasteiger partial charge >= 0.3 is 0 Å². The van der Waals surface area contributed by atoms with Crippen LogP contribution in [-0.2, 0) is 0 Å². The molecule has 0 aliphatic rings. The first-order valence-electron chi connectivity index (χ1n) is 18.5. The maximum atomic E-state index is 5.04. The molecule has 0 bridgehead atoms. The van der Waals surface area contributed by atoms with Gasteiger partial charge in [-0.05, 0) is 69.8 Å². The Bertz CT molecular complexity index is 2880. The van der Waals surface area contributed by atoms with Crippen molar-refractivity contribution < 1.29 is 0 Å². The van der Waals surface area contributed by atoms with Crippen LogP contribution in [0.25, 0.3) is 95.0 Å². The first-order chi connectivity index (χ1) is 27.3. The first kappa shape index (κ1) is 32.2. The Morgan fingerprint density at radius 1 is 0.291 bits per heavy atom. The molecule has 0 aliphatic carbocycles. The summed E-state index contributed by atoms with van der Waals surface area (Å²) in [5.74, 6) is 1.92. The summed E-state index contributed by atoms with van der Waals surface area (Å²) in [6.07, 6.45) is 0. The van der Waals surface area contributed by atoms with E-state index >= 15 is 0 Å². The second-order valence-electron chi connectivity index (χ2n) is 13.7. The van der Waals surface area contributed by atoms with E-state index in [0.717, 1.165) is 44.5 Å². The van der Waals surface area contributed by atoms with Gasteiger partial charge in [-0.2, -0.15) is 0 Å². The van der Waals surface area contributed by atoms with Crippen LogP contribution in [0.5, 0.6) is 0 Å². The van der Waals surface area contributed by atoms with Gasteiger partial charge in [0.1, 0.15) is 0 Å². The Hall–Kier alpha value is -7.43. The molecular formula is C51H34N4. The fourth-order valence-corrected chi connectivity index (χ4v) is 7.60. The summed E-state index contributed by atoms with van der Waals surface area (Å²) < 4.78 is 2.39. The highest BCUT2D eigenvalue weighted by molar-refractivity contribution is 6.16. The molecule has 0 N–H and O–H groups in total. The highest BCUT2D eigenvalue weighted by atomic mass is 15.0. The van der Waals surface area contributed by atoms with Gasteiger partial charge in [0.25, 0.3) is 0 Å². The summed E-state index contributed by atoms with van der Waals surface area (Å²) in [6.45, 7) is 0. The van der Waals surface area contributed by atoms with E-state index in [1.165, 1.54) is 33.0 Å². The highest BCUT2D eigenvalue weighted by Gasteiger charge is 2.19. The lowest BCUT2D eigenvalue weighted by Gasteiger charge is -2.11. The van der Waals surface area contributed by atoms with E-state index in [4.69, 9.17) is 15.0 Å². The van der Waals surface area contributed by atoms with Crippen LogP contribution in [0.15, 0.2) is 206 Å². The van der Waals surface area contributed by atoms with Crippen molar-refractivity contribution in [3.8, 4) is 73.2 Å². The molecule has 258 valence electrons. The lowest BCUT2D eigenvalue weighted by atomic mass is 9.96. The fourth-order valence-electron chi connectivity index (χ4n) is 7.60. The highest BCUT2D eigenvalue weighted by Crippen LogP contribution is 2.41. The van der Waals surface area contributed by atoms with E-state index in [-0.39, 0.29) is 0 Å². The number of benzene rings is 8. The fraction of sp³-hybridized carbons (Fsp3) is 0. The summed E-state index contributed by atoms with van der Waals surface area (Å²) in [6, 6.07) is 72.4. The summed E-state index contributed by atoms with van der Waals surface area (Å²) in [4.78, 5) is 15.0. The Balaban J connectivity index is 1.16. The standard InChI is InChI=1S/C51H34N4/c1-5-15-35(16-6-1)37-27-30-43(31-28-37)55-46-32-29-40(36-17-7-2-8-18-36)34-45(46)48-44(25-14-26-47(48)55)41-23-13-24-42(33-41)51-53-49(38-19-9-3-10-20-38)52-50(54-51)39-21-11-4-12-22-39/h1-34H. The van der Waals surface area contributed by atoms with Crippen molar-refractivity contribution in [2.75, 3.05) is 0 Å². The quantitative estimate of drug-likeness (QED) is 0.166. The molecule has 0 saturated heterocycles. The number of hydrogen-bond donors (Lipinski definition) is 0. The molecule has 8 aromatic carbocycles. The Labute approximate surface area is 319 Å². The molecular weight excluding hydrogens is 669 g/mol. The van der Waals surface area contributed by atoms with Gasteiger partial charge in [-0.25, -0.2) is 15.0 Å². The summed E-state index contributed by atoms with van der Waals surface area (Å²) in [5, 5.41) is 2.40. The summed E-state index contributed by atoms with van der Waals surface area (Å²) in [7, 11) is 0. The molecule has 0 fully saturated rings. The van der Waals surface area contributed by atoms with Crippen LogP contribution in [0, 0.1) is 0 Å². The van der Waals surface area contributed by atoms with Gasteiger partial charge in [-0.3, -0.25) is 0 Å². The minimum atomic E-state index is 0.633. The molecule has 55 heavy (non-hydrogen) atoms. The summed E-state index contributed by atoms with van der Waals surface area (Å²) in [5.41, 5.74) is 13.3. The molecule has 0 spiro atoms. The molecule has 10 rings (SSSR count). The predicted octanol–water partition coefficient (Wildman–Crippen LogP) is 13.0. The third kappa shape index (κ3) is 6.06. The van der Waals surface area contributed by atoms with E-state index in [0.29, 0.717) is 17.5 Å². The van der Waals surface area contributed by atoms with Crippen LogP contribution in [0.4, 0.5) is 0 Å². The van der Waals surface area contributed by atoms with Crippen LogP contribution < -0.4 is 0 Å². The third-order valence-electron chi connectivity index (χ3n) is 10.3. The third-order valence-corrected chi connectivity index (χ3v) is 10.3. The zero-order valence-electron chi connectivity index (χ0n) is 29.9. The molecule has 0 radical (unpaired) electrons. The number of nitrogens with zero attached hydrogens (tertiary/aromatic N) is 4. The molecule has 4 nitrogen and oxygen atoms in total. The minimum absolute atomic E-state index is 0.633. The average Bonchev–Trinajstić information content (AvgIpc) is 3.61. The lowest BCUT2D eigenvalue weighted by molar-refractivity contribution is 1.07. The zero-order chi connectivity index (χ0) is 36.6. The molecule has 0 atom stereocenters. The van der Waals surface area contributed by atoms with Gasteiger partial charge in [-0.15, -0.1) is 0 Å². The van der Waals surface area contributed by atoms with Crippen molar-refractivity contribution in [1.82, 2.24) is 19.5 Å². The zero-order valence-corrected chi connectivity index (χ0v) is 29.9. The average molecular weight is 703 g/mol. The Morgan fingerprint density at radius 3 is 1.35 bits per heavy atom. The van der Waals surface area contributed by atoms with Crippen molar-refractivity contribution in [2.45, 2.75) is 0 Å². The number of aromatic nitrogens is 4. The van der Waals surface area contributed by atoms with Crippen molar-refractivity contribution in [3.63, 3.8) is 0 Å². The van der Waals surface area contributed by atoms with Crippen molar-refractivity contribution in [3.05, 3.63) is 206 Å². The van der Waals surface area contributed by atoms with Gasteiger partial charge in [0.05, 0.1) is 11.0 Å². The molecule has 10 aromatic rings. The van der Waals surface area contributed by atoms with Crippen molar-refractivity contribution in [2.24, 2.45) is 0 Å². The second-order valence-corrected chi connectivity index (χ2v) is 13.7. The largest absolute Gasteiger partial charge is 0.309 e. The molecule has 2 aromatic heterocycles. The van der Waals surface area contributed by atoms with Crippen LogP contribution in [0.3, 0.4) is 0 Å². The summed E-state index contributed by atoms with van der Waals surface area (Å²) >= 11 is 0. The van der Waals surface area contributed by atoms with E-state index in [9.17, 15) is 0 Å². The van der Waals surface area contributed by atoms with Crippen LogP contribution >= 0.6 is 0 Å². The maximum absolute atomic E-state index is 5.04. The smallest absolute Gasteiger partial charge is 0.164 e. The molecule has 0 saturated carbocycles. The number of fused-ring (bicyclic) bond motifs is 3. The molecule has 4 heteroatoms. The first-order valence-corrected chi connectivity index (χ1v) is 18.5. The SMILES string of the molecule is c1ccc(-c2ccc(-n3c4ccc(-c5ccccc5)cc4c4c(-c5cccc(-c6nc(-c7ccccc7)nc(-c7ccccc7)n6)c5)cccc43)cc2)cc1. The van der Waals surface area contributed by atoms with Gasteiger partial charge < -0.3 is 4.57 Å². The molecule has 0 amide bonds. The van der Waals surface area contributed by atoms with Gasteiger partial charge in [-0.1, -0.05) is 170 Å². The van der Waals surface area contributed by atoms with Crippen LogP contribution in [-0.4, -0.2) is 19.5 Å². The maximum Gasteiger partial charge on any atom is 0.164 e. The topological polar surface area (TPSA) is 43.6 Å². The van der Waals surface area contributed by atoms with Crippen molar-refractivity contribution in [1.29, 1.82) is 0 Å². The van der Waals surface area contributed by atoms with Crippen LogP contribution in [0.2, 0.25) is 0 Å². The second kappa shape index (κ2) is 13.8. The van der Waals surface area contributed by atoms with E-state index in [1.807, 2.05) is 60.7 Å². The minimum Gasteiger partial charge on any atom is -0.309 e. The van der Waals surface area contributed by atoms with E-state index in [1.54, 1.807) is 0 Å². The normalized spacial score (nSPS) is 11.3. The van der Waals surface area contributed by atoms with Crippen LogP contribution in [0.1, 0.15) is 0 Å². The monoisotopic (exact) mass is 702 g/mol. The molecule has 2 heterocycles.